The Hall–Kier alpha value is -0.0800. The predicted octanol–water partition coefficient (Wildman–Crippen LogP) is 0.285. The number of fused-ring (bicyclic) bond motifs is 3. The molecule has 0 unspecified atom stereocenters. The molecule has 3 fully saturated rings. The van der Waals surface area contributed by atoms with Crippen LogP contribution in [0.4, 0.5) is 0 Å². The van der Waals surface area contributed by atoms with Gasteiger partial charge in [0.2, 0.25) is 0 Å². The summed E-state index contributed by atoms with van der Waals surface area (Å²) in [4.78, 5) is 2.40. The fraction of sp³-hybridized carbons (Fsp3) is 1.00. The molecule has 3 rings (SSSR count). The molecule has 2 heteroatoms. The number of rotatable bonds is 0. The van der Waals surface area contributed by atoms with Crippen molar-refractivity contribution in [1.29, 1.82) is 0 Å². The third-order valence-corrected chi connectivity index (χ3v) is 4.04. The van der Waals surface area contributed by atoms with Crippen LogP contribution < -0.4 is 5.73 Å². The van der Waals surface area contributed by atoms with E-state index in [0.29, 0.717) is 0 Å². The summed E-state index contributed by atoms with van der Waals surface area (Å²) in [6.07, 6.45) is 2.85. The molecule has 2 nitrogen and oxygen atoms in total. The lowest BCUT2D eigenvalue weighted by Crippen LogP contribution is -2.47. The molecule has 0 aromatic rings. The summed E-state index contributed by atoms with van der Waals surface area (Å²) in [5, 5.41) is 0. The zero-order chi connectivity index (χ0) is 7.64. The third-order valence-electron chi connectivity index (χ3n) is 4.04. The van der Waals surface area contributed by atoms with Gasteiger partial charge in [0.25, 0.3) is 0 Å². The number of likely N-dealkylation sites (tertiary alicyclic amines) is 1. The lowest BCUT2D eigenvalue weighted by atomic mass is 9.87. The van der Waals surface area contributed by atoms with Crippen LogP contribution in [-0.4, -0.2) is 30.6 Å². The standard InChI is InChI=1S/C9H16N2/c1-11-4-7-2-6-3-8(6)9(7,10)5-11/h6-8H,2-5,10H2,1H3/t6-,7-,8+,9-/m1/s1. The van der Waals surface area contributed by atoms with Gasteiger partial charge < -0.3 is 10.6 Å². The topological polar surface area (TPSA) is 29.3 Å². The minimum atomic E-state index is 0.236. The number of nitrogens with zero attached hydrogens (tertiary/aromatic N) is 1. The number of hydrogen-bond donors (Lipinski definition) is 1. The van der Waals surface area contributed by atoms with Crippen LogP contribution in [0, 0.1) is 17.8 Å². The molecule has 0 aromatic carbocycles. The van der Waals surface area contributed by atoms with Crippen LogP contribution in [0.25, 0.3) is 0 Å². The highest BCUT2D eigenvalue weighted by Gasteiger charge is 2.63. The molecule has 0 bridgehead atoms. The molecule has 3 aliphatic rings. The quantitative estimate of drug-likeness (QED) is 0.540. The second kappa shape index (κ2) is 1.64. The van der Waals surface area contributed by atoms with E-state index >= 15 is 0 Å². The van der Waals surface area contributed by atoms with Crippen molar-refractivity contribution in [2.45, 2.75) is 18.4 Å². The van der Waals surface area contributed by atoms with Gasteiger partial charge in [-0.3, -0.25) is 0 Å². The largest absolute Gasteiger partial charge is 0.323 e. The van der Waals surface area contributed by atoms with Crippen LogP contribution in [0.5, 0.6) is 0 Å². The maximum Gasteiger partial charge on any atom is 0.0355 e. The Morgan fingerprint density at radius 1 is 1.45 bits per heavy atom. The molecule has 0 aromatic heterocycles. The Bertz CT molecular complexity index is 202. The van der Waals surface area contributed by atoms with Gasteiger partial charge in [0.1, 0.15) is 0 Å². The van der Waals surface area contributed by atoms with Gasteiger partial charge in [0.15, 0.2) is 0 Å². The first-order valence-electron chi connectivity index (χ1n) is 4.67. The molecule has 1 saturated heterocycles. The van der Waals surface area contributed by atoms with Gasteiger partial charge in [-0.05, 0) is 37.6 Å². The highest BCUT2D eigenvalue weighted by atomic mass is 15.2. The maximum atomic E-state index is 6.40. The maximum absolute atomic E-state index is 6.40. The van der Waals surface area contributed by atoms with Crippen molar-refractivity contribution in [3.8, 4) is 0 Å². The van der Waals surface area contributed by atoms with Crippen molar-refractivity contribution in [2.24, 2.45) is 23.5 Å². The lowest BCUT2D eigenvalue weighted by Gasteiger charge is -2.25. The zero-order valence-electron chi connectivity index (χ0n) is 7.09. The Morgan fingerprint density at radius 3 is 3.00 bits per heavy atom. The second-order valence-electron chi connectivity index (χ2n) is 4.84. The molecule has 0 radical (unpaired) electrons. The number of nitrogens with two attached hydrogens (primary N) is 1. The molecule has 62 valence electrons. The minimum absolute atomic E-state index is 0.236. The van der Waals surface area contributed by atoms with E-state index in [2.05, 4.69) is 11.9 Å². The van der Waals surface area contributed by atoms with Gasteiger partial charge in [0.05, 0.1) is 0 Å². The van der Waals surface area contributed by atoms with E-state index < -0.39 is 0 Å². The van der Waals surface area contributed by atoms with Gasteiger partial charge in [-0.25, -0.2) is 0 Å². The summed E-state index contributed by atoms with van der Waals surface area (Å²) in [5.41, 5.74) is 6.63. The monoisotopic (exact) mass is 152 g/mol. The minimum Gasteiger partial charge on any atom is -0.323 e. The summed E-state index contributed by atoms with van der Waals surface area (Å²) in [5.74, 6) is 2.76. The second-order valence-corrected chi connectivity index (χ2v) is 4.84. The zero-order valence-corrected chi connectivity index (χ0v) is 7.09. The smallest absolute Gasteiger partial charge is 0.0355 e. The molecule has 2 N–H and O–H groups in total. The van der Waals surface area contributed by atoms with Crippen molar-refractivity contribution in [1.82, 2.24) is 4.90 Å². The molecule has 0 amide bonds. The molecule has 1 heterocycles. The molecule has 11 heavy (non-hydrogen) atoms. The summed E-state index contributed by atoms with van der Waals surface area (Å²) in [7, 11) is 2.20. The highest BCUT2D eigenvalue weighted by molar-refractivity contribution is 5.18. The van der Waals surface area contributed by atoms with Crippen LogP contribution in [0.15, 0.2) is 0 Å². The molecule has 2 saturated carbocycles. The van der Waals surface area contributed by atoms with Crippen molar-refractivity contribution in [2.75, 3.05) is 20.1 Å². The lowest BCUT2D eigenvalue weighted by molar-refractivity contribution is 0.332. The Kier molecular flexibility index (Phi) is 0.961. The van der Waals surface area contributed by atoms with Gasteiger partial charge in [-0.15, -0.1) is 0 Å². The first-order valence-corrected chi connectivity index (χ1v) is 4.67. The van der Waals surface area contributed by atoms with Crippen LogP contribution >= 0.6 is 0 Å². The first kappa shape index (κ1) is 6.44. The molecule has 1 aliphatic heterocycles. The molecule has 2 aliphatic carbocycles. The van der Waals surface area contributed by atoms with Gasteiger partial charge >= 0.3 is 0 Å². The molecule has 0 spiro atoms. The fourth-order valence-electron chi connectivity index (χ4n) is 3.45. The van der Waals surface area contributed by atoms with Crippen LogP contribution in [0.1, 0.15) is 12.8 Å². The highest BCUT2D eigenvalue weighted by Crippen LogP contribution is 2.60. The van der Waals surface area contributed by atoms with Gasteiger partial charge in [-0.2, -0.15) is 0 Å². The van der Waals surface area contributed by atoms with Crippen LogP contribution in [0.3, 0.4) is 0 Å². The van der Waals surface area contributed by atoms with E-state index in [9.17, 15) is 0 Å². The van der Waals surface area contributed by atoms with E-state index in [-0.39, 0.29) is 5.54 Å². The van der Waals surface area contributed by atoms with E-state index in [1.165, 1.54) is 19.4 Å². The SMILES string of the molecule is CN1C[C@H]2C[C@@H]3C[C@@H]3[C@@]2(N)C1. The van der Waals surface area contributed by atoms with Crippen molar-refractivity contribution < 1.29 is 0 Å². The summed E-state index contributed by atoms with van der Waals surface area (Å²) >= 11 is 0. The predicted molar refractivity (Wildman–Crippen MR) is 44.1 cm³/mol. The first-order chi connectivity index (χ1) is 5.20. The molecular weight excluding hydrogens is 136 g/mol. The van der Waals surface area contributed by atoms with E-state index in [4.69, 9.17) is 5.73 Å². The fourth-order valence-corrected chi connectivity index (χ4v) is 3.45. The van der Waals surface area contributed by atoms with Crippen LogP contribution in [0.2, 0.25) is 0 Å². The van der Waals surface area contributed by atoms with Crippen molar-refractivity contribution in [3.63, 3.8) is 0 Å². The summed E-state index contributed by atoms with van der Waals surface area (Å²) < 4.78 is 0. The average Bonchev–Trinajstić information content (AvgIpc) is 2.52. The van der Waals surface area contributed by atoms with E-state index in [0.717, 1.165) is 24.3 Å². The normalized spacial score (nSPS) is 61.1. The average molecular weight is 152 g/mol. The Morgan fingerprint density at radius 2 is 2.27 bits per heavy atom. The summed E-state index contributed by atoms with van der Waals surface area (Å²) in [6, 6.07) is 0. The van der Waals surface area contributed by atoms with Crippen molar-refractivity contribution >= 4 is 0 Å². The molecular formula is C9H16N2. The summed E-state index contributed by atoms with van der Waals surface area (Å²) in [6.45, 7) is 2.41. The van der Waals surface area contributed by atoms with Crippen molar-refractivity contribution in [3.05, 3.63) is 0 Å². The Labute approximate surface area is 67.7 Å². The van der Waals surface area contributed by atoms with Gasteiger partial charge in [0, 0.05) is 18.6 Å². The number of likely N-dealkylation sites (N-methyl/N-ethyl adjacent to an activating group) is 1. The third kappa shape index (κ3) is 0.651. The van der Waals surface area contributed by atoms with Gasteiger partial charge in [-0.1, -0.05) is 0 Å². The number of hydrogen-bond acceptors (Lipinski definition) is 2. The van der Waals surface area contributed by atoms with Crippen LogP contribution in [-0.2, 0) is 0 Å². The molecule has 4 atom stereocenters. The van der Waals surface area contributed by atoms with E-state index in [1.807, 2.05) is 0 Å². The Balaban J connectivity index is 1.92. The van der Waals surface area contributed by atoms with E-state index in [1.54, 1.807) is 0 Å².